The number of carbonyl (C=O) groups is 1. The summed E-state index contributed by atoms with van der Waals surface area (Å²) in [5.74, 6) is 0.397. The minimum Gasteiger partial charge on any atom is -0.744 e. The molecule has 4 unspecified atom stereocenters. The van der Waals surface area contributed by atoms with Crippen LogP contribution in [-0.4, -0.2) is 55.7 Å². The zero-order chi connectivity index (χ0) is 23.8. The van der Waals surface area contributed by atoms with Crippen molar-refractivity contribution in [3.8, 4) is 0 Å². The molecule has 178 valence electrons. The second kappa shape index (κ2) is 9.64. The summed E-state index contributed by atoms with van der Waals surface area (Å²) in [4.78, 5) is 12.4. The number of nitrogens with zero attached hydrogens (tertiary/aromatic N) is 1. The first kappa shape index (κ1) is 24.6. The Kier molecular flexibility index (Phi) is 7.19. The Morgan fingerprint density at radius 2 is 1.70 bits per heavy atom. The van der Waals surface area contributed by atoms with E-state index < -0.39 is 10.1 Å². The van der Waals surface area contributed by atoms with Gasteiger partial charge in [0.15, 0.2) is 0 Å². The summed E-state index contributed by atoms with van der Waals surface area (Å²) < 4.78 is 38.9. The molecule has 0 saturated carbocycles. The largest absolute Gasteiger partial charge is 0.744 e. The van der Waals surface area contributed by atoms with E-state index in [4.69, 9.17) is 4.74 Å². The smallest absolute Gasteiger partial charge is 0.315 e. The van der Waals surface area contributed by atoms with Gasteiger partial charge in [0.1, 0.15) is 22.1 Å². The normalized spacial score (nSPS) is 27.3. The summed E-state index contributed by atoms with van der Waals surface area (Å²) in [6.07, 6.45) is 4.97. The molecule has 3 heterocycles. The molecule has 5 rings (SSSR count). The molecule has 0 aromatic heterocycles. The number of hydrogen-bond donors (Lipinski definition) is 0. The summed E-state index contributed by atoms with van der Waals surface area (Å²) in [5.41, 5.74) is 2.25. The Labute approximate surface area is 209 Å². The van der Waals surface area contributed by atoms with Crippen molar-refractivity contribution in [1.29, 1.82) is 0 Å². The van der Waals surface area contributed by atoms with Gasteiger partial charge >= 0.3 is 5.97 Å². The van der Waals surface area contributed by atoms with Crippen molar-refractivity contribution in [1.82, 2.24) is 0 Å². The van der Waals surface area contributed by atoms with Crippen molar-refractivity contribution in [3.05, 3.63) is 63.2 Å². The van der Waals surface area contributed by atoms with Crippen LogP contribution in [0.4, 0.5) is 0 Å². The van der Waals surface area contributed by atoms with Crippen LogP contribution < -0.4 is 0 Å². The molecule has 0 amide bonds. The van der Waals surface area contributed by atoms with Gasteiger partial charge in [-0.25, -0.2) is 8.42 Å². The molecular formula is C25H30INO5S. The summed E-state index contributed by atoms with van der Waals surface area (Å²) in [6, 6.07) is 15.8. The Morgan fingerprint density at radius 1 is 1.06 bits per heavy atom. The van der Waals surface area contributed by atoms with Crippen LogP contribution in [0.2, 0.25) is 0 Å². The lowest BCUT2D eigenvalue weighted by Crippen LogP contribution is -2.70. The van der Waals surface area contributed by atoms with E-state index in [2.05, 4.69) is 46.9 Å². The fourth-order valence-corrected chi connectivity index (χ4v) is 6.95. The monoisotopic (exact) mass is 583 g/mol. The molecule has 8 heteroatoms. The van der Waals surface area contributed by atoms with E-state index in [0.29, 0.717) is 12.0 Å². The van der Waals surface area contributed by atoms with Crippen LogP contribution in [-0.2, 0) is 19.6 Å². The van der Waals surface area contributed by atoms with Crippen molar-refractivity contribution in [2.45, 2.75) is 55.5 Å². The number of halogens is 1. The molecule has 3 fully saturated rings. The molecule has 0 N–H and O–H groups in total. The molecule has 4 atom stereocenters. The van der Waals surface area contributed by atoms with Crippen molar-refractivity contribution in [2.75, 3.05) is 20.2 Å². The Hall–Kier alpha value is -1.49. The minimum absolute atomic E-state index is 0.0123. The number of benzene rings is 2. The zero-order valence-corrected chi connectivity index (χ0v) is 21.9. The number of hydrogen-bond acceptors (Lipinski definition) is 5. The fraction of sp³-hybridized carbons (Fsp3) is 0.480. The maximum absolute atomic E-state index is 12.6. The van der Waals surface area contributed by atoms with E-state index in [-0.39, 0.29) is 16.8 Å². The first-order chi connectivity index (χ1) is 15.7. The third-order valence-corrected chi connectivity index (χ3v) is 9.36. The van der Waals surface area contributed by atoms with Gasteiger partial charge in [-0.15, -0.1) is 0 Å². The number of quaternary nitrogens is 1. The first-order valence-corrected chi connectivity index (χ1v) is 13.9. The molecule has 33 heavy (non-hydrogen) atoms. The molecular weight excluding hydrogens is 553 g/mol. The SMILES string of the molecule is COC(=O)C1C(c2ccc(I)cc2)CC2CCC1[N+]21CCC1.Cc1ccc(S(=O)(=O)[O-])cc1. The lowest BCUT2D eigenvalue weighted by molar-refractivity contribution is -1.00. The molecule has 2 aromatic rings. The highest BCUT2D eigenvalue weighted by atomic mass is 127. The van der Waals surface area contributed by atoms with Crippen molar-refractivity contribution in [3.63, 3.8) is 0 Å². The lowest BCUT2D eigenvalue weighted by atomic mass is 9.73. The van der Waals surface area contributed by atoms with E-state index in [9.17, 15) is 17.8 Å². The topological polar surface area (TPSA) is 83.5 Å². The summed E-state index contributed by atoms with van der Waals surface area (Å²) in [5, 5.41) is 0. The van der Waals surface area contributed by atoms with E-state index in [1.165, 1.54) is 58.1 Å². The number of aryl methyl sites for hydroxylation is 1. The van der Waals surface area contributed by atoms with Gasteiger partial charge in [-0.1, -0.05) is 29.8 Å². The number of esters is 1. The standard InChI is InChI=1S/C18H23INO2.C7H8O3S/c1-22-18(21)17-15(12-3-5-13(19)6-4-12)11-14-7-8-16(17)20(14)9-2-10-20;1-6-2-4-7(5-3-6)11(8,9)10/h3-6,14-17H,2,7-11H2,1H3;2-5H,1H3,(H,8,9,10)/q+1;/p-1. The van der Waals surface area contributed by atoms with Crippen molar-refractivity contribution < 1.29 is 27.0 Å². The summed E-state index contributed by atoms with van der Waals surface area (Å²) in [6.45, 7) is 4.38. The average Bonchev–Trinajstić information content (AvgIpc) is 3.02. The predicted octanol–water partition coefficient (Wildman–Crippen LogP) is 4.22. The first-order valence-electron chi connectivity index (χ1n) is 11.4. The van der Waals surface area contributed by atoms with E-state index in [1.807, 2.05) is 6.92 Å². The van der Waals surface area contributed by atoms with Gasteiger partial charge in [0, 0.05) is 35.2 Å². The summed E-state index contributed by atoms with van der Waals surface area (Å²) in [7, 11) is -2.72. The van der Waals surface area contributed by atoms with Gasteiger partial charge in [0.2, 0.25) is 0 Å². The highest BCUT2D eigenvalue weighted by Crippen LogP contribution is 2.54. The molecule has 0 radical (unpaired) electrons. The lowest BCUT2D eigenvalue weighted by Gasteiger charge is -2.57. The third-order valence-electron chi connectivity index (χ3n) is 7.79. The Morgan fingerprint density at radius 3 is 2.21 bits per heavy atom. The summed E-state index contributed by atoms with van der Waals surface area (Å²) >= 11 is 2.34. The second-order valence-electron chi connectivity index (χ2n) is 9.41. The number of piperidine rings is 1. The molecule has 1 spiro atoms. The van der Waals surface area contributed by atoms with Crippen LogP contribution in [0.5, 0.6) is 0 Å². The van der Waals surface area contributed by atoms with Crippen molar-refractivity contribution in [2.24, 2.45) is 5.92 Å². The fourth-order valence-electron chi connectivity index (χ4n) is 6.12. The number of ether oxygens (including phenoxy) is 1. The van der Waals surface area contributed by atoms with E-state index >= 15 is 0 Å². The van der Waals surface area contributed by atoms with Gasteiger partial charge in [-0.3, -0.25) is 4.79 Å². The van der Waals surface area contributed by atoms with Crippen LogP contribution >= 0.6 is 22.6 Å². The molecule has 6 nitrogen and oxygen atoms in total. The average molecular weight is 583 g/mol. The molecule has 2 bridgehead atoms. The van der Waals surface area contributed by atoms with Crippen LogP contribution in [0.15, 0.2) is 53.4 Å². The van der Waals surface area contributed by atoms with E-state index in [0.717, 1.165) is 18.0 Å². The highest BCUT2D eigenvalue weighted by molar-refractivity contribution is 14.1. The predicted molar refractivity (Wildman–Crippen MR) is 133 cm³/mol. The van der Waals surface area contributed by atoms with Gasteiger partial charge in [0.25, 0.3) is 0 Å². The maximum Gasteiger partial charge on any atom is 0.315 e. The Bertz CT molecular complexity index is 1100. The molecule has 3 saturated heterocycles. The minimum atomic E-state index is -4.27. The van der Waals surface area contributed by atoms with Gasteiger partial charge in [-0.2, -0.15) is 0 Å². The van der Waals surface area contributed by atoms with Gasteiger partial charge in [0.05, 0.1) is 31.1 Å². The van der Waals surface area contributed by atoms with Gasteiger partial charge < -0.3 is 13.8 Å². The number of methoxy groups -OCH3 is 1. The third kappa shape index (κ3) is 4.85. The molecule has 2 aromatic carbocycles. The maximum atomic E-state index is 12.6. The van der Waals surface area contributed by atoms with Crippen LogP contribution in [0, 0.1) is 16.4 Å². The van der Waals surface area contributed by atoms with Crippen LogP contribution in [0.1, 0.15) is 42.7 Å². The van der Waals surface area contributed by atoms with Crippen LogP contribution in [0.3, 0.4) is 0 Å². The Balaban J connectivity index is 0.000000200. The van der Waals surface area contributed by atoms with Gasteiger partial charge in [-0.05, 0) is 59.3 Å². The van der Waals surface area contributed by atoms with Crippen LogP contribution in [0.25, 0.3) is 0 Å². The quantitative estimate of drug-likeness (QED) is 0.234. The zero-order valence-electron chi connectivity index (χ0n) is 18.9. The molecule has 3 aliphatic heterocycles. The molecule has 0 aliphatic carbocycles. The molecule has 3 aliphatic rings. The van der Waals surface area contributed by atoms with Crippen molar-refractivity contribution >= 4 is 38.7 Å². The number of rotatable bonds is 3. The number of carbonyl (C=O) groups excluding carboxylic acids is 1. The highest BCUT2D eigenvalue weighted by Gasteiger charge is 2.63. The second-order valence-corrected chi connectivity index (χ2v) is 12.0. The van der Waals surface area contributed by atoms with E-state index in [1.54, 1.807) is 19.2 Å².